The van der Waals surface area contributed by atoms with Crippen LogP contribution in [0.3, 0.4) is 0 Å². The minimum Gasteiger partial charge on any atom is -0.361 e. The first-order valence-electron chi connectivity index (χ1n) is 5.47. The van der Waals surface area contributed by atoms with Gasteiger partial charge in [0.2, 0.25) is 0 Å². The van der Waals surface area contributed by atoms with Crippen LogP contribution < -0.4 is 5.32 Å². The second-order valence-corrected chi connectivity index (χ2v) is 3.74. The van der Waals surface area contributed by atoms with Crippen molar-refractivity contribution in [3.63, 3.8) is 0 Å². The minimum atomic E-state index is -0.0224. The fourth-order valence-corrected chi connectivity index (χ4v) is 1.51. The number of hydrogen-bond acceptors (Lipinski definition) is 4. The highest BCUT2D eigenvalue weighted by Crippen LogP contribution is 2.15. The molecule has 0 saturated heterocycles. The van der Waals surface area contributed by atoms with Gasteiger partial charge in [0.1, 0.15) is 11.3 Å². The lowest BCUT2D eigenvalue weighted by Gasteiger charge is -2.16. The molecule has 0 aliphatic heterocycles. The summed E-state index contributed by atoms with van der Waals surface area (Å²) in [4.78, 5) is 13.8. The number of carbonyl (C=O) groups excluding carboxylic acids is 1. The monoisotopic (exact) mass is 261 g/mol. The Hall–Kier alpha value is -1.07. The largest absolute Gasteiger partial charge is 0.361 e. The Morgan fingerprint density at radius 3 is 2.71 bits per heavy atom. The van der Waals surface area contributed by atoms with Gasteiger partial charge in [0.15, 0.2) is 0 Å². The standard InChI is InChI=1S/C11H19N3O2.ClH/c1-5-9-10(8(2)16-13-9)11(15)14(4)7-6-12-3;/h12H,5-7H2,1-4H3;1H. The summed E-state index contributed by atoms with van der Waals surface area (Å²) in [6.07, 6.45) is 0.707. The van der Waals surface area contributed by atoms with Crippen molar-refractivity contribution >= 4 is 18.3 Å². The van der Waals surface area contributed by atoms with Crippen LogP contribution in [0.15, 0.2) is 4.52 Å². The molecule has 0 unspecified atom stereocenters. The van der Waals surface area contributed by atoms with Crippen LogP contribution in [0, 0.1) is 6.92 Å². The average molecular weight is 262 g/mol. The minimum absolute atomic E-state index is 0. The summed E-state index contributed by atoms with van der Waals surface area (Å²) in [5.74, 6) is 0.573. The predicted molar refractivity (Wildman–Crippen MR) is 68.8 cm³/mol. The zero-order valence-corrected chi connectivity index (χ0v) is 11.6. The van der Waals surface area contributed by atoms with E-state index in [9.17, 15) is 4.79 Å². The Morgan fingerprint density at radius 1 is 1.53 bits per heavy atom. The summed E-state index contributed by atoms with van der Waals surface area (Å²) in [7, 11) is 3.64. The number of halogens is 1. The van der Waals surface area contributed by atoms with Crippen LogP contribution in [-0.2, 0) is 6.42 Å². The molecule has 1 N–H and O–H groups in total. The smallest absolute Gasteiger partial charge is 0.259 e. The highest BCUT2D eigenvalue weighted by atomic mass is 35.5. The third-order valence-corrected chi connectivity index (χ3v) is 2.53. The van der Waals surface area contributed by atoms with E-state index in [-0.39, 0.29) is 18.3 Å². The molecule has 0 atom stereocenters. The third-order valence-electron chi connectivity index (χ3n) is 2.53. The molecule has 6 heteroatoms. The van der Waals surface area contributed by atoms with E-state index in [1.54, 1.807) is 18.9 Å². The van der Waals surface area contributed by atoms with Gasteiger partial charge in [-0.05, 0) is 20.4 Å². The van der Waals surface area contributed by atoms with Crippen molar-refractivity contribution in [2.45, 2.75) is 20.3 Å². The van der Waals surface area contributed by atoms with Crippen molar-refractivity contribution in [3.8, 4) is 0 Å². The number of rotatable bonds is 5. The average Bonchev–Trinajstić information content (AvgIpc) is 2.66. The van der Waals surface area contributed by atoms with Gasteiger partial charge in [-0.1, -0.05) is 12.1 Å². The molecule has 0 fully saturated rings. The van der Waals surface area contributed by atoms with Gasteiger partial charge in [-0.3, -0.25) is 4.79 Å². The van der Waals surface area contributed by atoms with E-state index < -0.39 is 0 Å². The molecule has 1 rings (SSSR count). The number of nitrogens with zero attached hydrogens (tertiary/aromatic N) is 2. The van der Waals surface area contributed by atoms with Crippen molar-refractivity contribution in [1.29, 1.82) is 0 Å². The van der Waals surface area contributed by atoms with Gasteiger partial charge in [-0.25, -0.2) is 0 Å². The molecule has 0 bridgehead atoms. The van der Waals surface area contributed by atoms with Crippen LogP contribution >= 0.6 is 12.4 Å². The molecule has 0 aliphatic rings. The fourth-order valence-electron chi connectivity index (χ4n) is 1.51. The summed E-state index contributed by atoms with van der Waals surface area (Å²) in [6, 6.07) is 0. The van der Waals surface area contributed by atoms with Gasteiger partial charge in [-0.15, -0.1) is 12.4 Å². The van der Waals surface area contributed by atoms with Crippen LogP contribution in [-0.4, -0.2) is 43.1 Å². The zero-order valence-electron chi connectivity index (χ0n) is 10.7. The van der Waals surface area contributed by atoms with E-state index in [1.165, 1.54) is 0 Å². The molecule has 0 spiro atoms. The van der Waals surface area contributed by atoms with Gasteiger partial charge in [0, 0.05) is 20.1 Å². The number of hydrogen-bond donors (Lipinski definition) is 1. The van der Waals surface area contributed by atoms with E-state index in [2.05, 4.69) is 10.5 Å². The quantitative estimate of drug-likeness (QED) is 0.867. The summed E-state index contributed by atoms with van der Waals surface area (Å²) >= 11 is 0. The molecule has 1 aromatic rings. The van der Waals surface area contributed by atoms with Crippen LogP contribution in [0.1, 0.15) is 28.7 Å². The SMILES string of the molecule is CCc1noc(C)c1C(=O)N(C)CCNC.Cl. The first-order valence-corrected chi connectivity index (χ1v) is 5.47. The molecular weight excluding hydrogens is 242 g/mol. The molecule has 0 radical (unpaired) electrons. The number of aryl methyl sites for hydroxylation is 2. The van der Waals surface area contributed by atoms with Crippen molar-refractivity contribution in [2.24, 2.45) is 0 Å². The molecule has 5 nitrogen and oxygen atoms in total. The highest BCUT2D eigenvalue weighted by Gasteiger charge is 2.21. The number of likely N-dealkylation sites (N-methyl/N-ethyl adjacent to an activating group) is 2. The molecule has 1 amide bonds. The molecule has 17 heavy (non-hydrogen) atoms. The van der Waals surface area contributed by atoms with Gasteiger partial charge in [0.25, 0.3) is 5.91 Å². The van der Waals surface area contributed by atoms with Gasteiger partial charge in [0.05, 0.1) is 5.69 Å². The highest BCUT2D eigenvalue weighted by molar-refractivity contribution is 5.96. The van der Waals surface area contributed by atoms with E-state index in [4.69, 9.17) is 4.52 Å². The fraction of sp³-hybridized carbons (Fsp3) is 0.636. The maximum atomic E-state index is 12.1. The molecular formula is C11H20ClN3O2. The summed E-state index contributed by atoms with van der Waals surface area (Å²) in [6.45, 7) is 5.17. The lowest BCUT2D eigenvalue weighted by molar-refractivity contribution is 0.0794. The maximum Gasteiger partial charge on any atom is 0.259 e. The lowest BCUT2D eigenvalue weighted by Crippen LogP contribution is -2.33. The molecule has 0 aromatic carbocycles. The van der Waals surface area contributed by atoms with Crippen LogP contribution in [0.4, 0.5) is 0 Å². The summed E-state index contributed by atoms with van der Waals surface area (Å²) < 4.78 is 5.05. The number of amides is 1. The Labute approximate surface area is 108 Å². The molecule has 1 heterocycles. The summed E-state index contributed by atoms with van der Waals surface area (Å²) in [5, 5.41) is 6.89. The van der Waals surface area contributed by atoms with Crippen LogP contribution in [0.25, 0.3) is 0 Å². The molecule has 0 saturated carbocycles. The van der Waals surface area contributed by atoms with E-state index in [1.807, 2.05) is 14.0 Å². The van der Waals surface area contributed by atoms with E-state index in [0.717, 1.165) is 12.2 Å². The Balaban J connectivity index is 0.00000256. The van der Waals surface area contributed by atoms with Crippen LogP contribution in [0.5, 0.6) is 0 Å². The van der Waals surface area contributed by atoms with Crippen molar-refractivity contribution in [3.05, 3.63) is 17.0 Å². The number of nitrogens with one attached hydrogen (secondary N) is 1. The topological polar surface area (TPSA) is 58.4 Å². The Bertz CT molecular complexity index is 366. The number of aromatic nitrogens is 1. The second-order valence-electron chi connectivity index (χ2n) is 3.74. The van der Waals surface area contributed by atoms with Crippen molar-refractivity contribution < 1.29 is 9.32 Å². The first kappa shape index (κ1) is 15.9. The maximum absolute atomic E-state index is 12.1. The normalized spacial score (nSPS) is 9.88. The Morgan fingerprint density at radius 2 is 2.18 bits per heavy atom. The van der Waals surface area contributed by atoms with Crippen molar-refractivity contribution in [2.75, 3.05) is 27.2 Å². The van der Waals surface area contributed by atoms with E-state index in [0.29, 0.717) is 24.3 Å². The van der Waals surface area contributed by atoms with Gasteiger partial charge in [-0.2, -0.15) is 0 Å². The van der Waals surface area contributed by atoms with E-state index >= 15 is 0 Å². The molecule has 0 aliphatic carbocycles. The van der Waals surface area contributed by atoms with Crippen LogP contribution in [0.2, 0.25) is 0 Å². The molecule has 98 valence electrons. The zero-order chi connectivity index (χ0) is 12.1. The predicted octanol–water partition coefficient (Wildman–Crippen LogP) is 1.26. The molecule has 1 aromatic heterocycles. The Kier molecular flexibility index (Phi) is 6.83. The van der Waals surface area contributed by atoms with Crippen molar-refractivity contribution in [1.82, 2.24) is 15.4 Å². The summed E-state index contributed by atoms with van der Waals surface area (Å²) in [5.41, 5.74) is 1.35. The van der Waals surface area contributed by atoms with Gasteiger partial charge >= 0.3 is 0 Å². The third kappa shape index (κ3) is 3.71. The second kappa shape index (κ2) is 7.29. The lowest BCUT2D eigenvalue weighted by atomic mass is 10.1. The number of carbonyl (C=O) groups is 1. The first-order chi connectivity index (χ1) is 7.61. The van der Waals surface area contributed by atoms with Gasteiger partial charge < -0.3 is 14.7 Å².